The average molecular weight is 204 g/mol. The number of benzene rings is 1. The second kappa shape index (κ2) is 4.33. The summed E-state index contributed by atoms with van der Waals surface area (Å²) >= 11 is 1.45. The molecule has 3 heteroatoms. The van der Waals surface area contributed by atoms with E-state index in [2.05, 4.69) is 10.7 Å². The van der Waals surface area contributed by atoms with Crippen molar-refractivity contribution in [2.45, 2.75) is 11.7 Å². The van der Waals surface area contributed by atoms with Crippen molar-refractivity contribution in [1.82, 2.24) is 5.32 Å². The van der Waals surface area contributed by atoms with Crippen LogP contribution in [0.4, 0.5) is 0 Å². The van der Waals surface area contributed by atoms with Crippen molar-refractivity contribution < 1.29 is 4.79 Å². The molecule has 0 saturated heterocycles. The first-order valence-electron chi connectivity index (χ1n) is 4.43. The highest BCUT2D eigenvalue weighted by molar-refractivity contribution is 8.02. The summed E-state index contributed by atoms with van der Waals surface area (Å²) in [5, 5.41) is 5.56. The van der Waals surface area contributed by atoms with E-state index in [0.717, 1.165) is 6.42 Å². The number of nitrogens with one attached hydrogen (secondary N) is 1. The van der Waals surface area contributed by atoms with E-state index in [9.17, 15) is 4.79 Å². The number of carbonyl (C=O) groups is 1. The highest BCUT2D eigenvalue weighted by atomic mass is 32.2. The van der Waals surface area contributed by atoms with Gasteiger partial charge >= 0.3 is 0 Å². The summed E-state index contributed by atoms with van der Waals surface area (Å²) in [5.74, 6) is 0.0672. The molecule has 1 aromatic rings. The molecule has 1 N–H and O–H groups in total. The fraction of sp³-hybridized carbons (Fsp3) is 0.182. The predicted octanol–water partition coefficient (Wildman–Crippen LogP) is 1.74. The SMILES string of the molecule is O=C1NC=[C]SC1Cc1ccccc1. The van der Waals surface area contributed by atoms with Crippen LogP contribution in [-0.2, 0) is 11.2 Å². The molecule has 1 aliphatic rings. The summed E-state index contributed by atoms with van der Waals surface area (Å²) in [6.07, 6.45) is 2.33. The van der Waals surface area contributed by atoms with E-state index < -0.39 is 0 Å². The van der Waals surface area contributed by atoms with Crippen molar-refractivity contribution in [2.75, 3.05) is 0 Å². The predicted molar refractivity (Wildman–Crippen MR) is 57.5 cm³/mol. The van der Waals surface area contributed by atoms with Gasteiger partial charge in [0.2, 0.25) is 5.91 Å². The van der Waals surface area contributed by atoms with Gasteiger partial charge < -0.3 is 5.32 Å². The van der Waals surface area contributed by atoms with Crippen molar-refractivity contribution in [2.24, 2.45) is 0 Å². The van der Waals surface area contributed by atoms with Gasteiger partial charge in [0.15, 0.2) is 0 Å². The molecule has 0 saturated carbocycles. The van der Waals surface area contributed by atoms with E-state index in [1.807, 2.05) is 30.3 Å². The Kier molecular flexibility index (Phi) is 2.89. The third-order valence-corrected chi connectivity index (χ3v) is 2.96. The molecule has 0 bridgehead atoms. The highest BCUT2D eigenvalue weighted by Gasteiger charge is 2.20. The lowest BCUT2D eigenvalue weighted by Gasteiger charge is -2.16. The maximum atomic E-state index is 11.4. The van der Waals surface area contributed by atoms with Crippen LogP contribution in [0.2, 0.25) is 0 Å². The summed E-state index contributed by atoms with van der Waals surface area (Å²) in [6.45, 7) is 0. The number of carbonyl (C=O) groups excluding carboxylic acids is 1. The summed E-state index contributed by atoms with van der Waals surface area (Å²) in [6, 6.07) is 10.0. The van der Waals surface area contributed by atoms with Gasteiger partial charge in [-0.25, -0.2) is 0 Å². The van der Waals surface area contributed by atoms with Gasteiger partial charge in [0, 0.05) is 11.6 Å². The zero-order chi connectivity index (χ0) is 9.80. The van der Waals surface area contributed by atoms with E-state index in [0.29, 0.717) is 0 Å². The fourth-order valence-electron chi connectivity index (χ4n) is 1.33. The van der Waals surface area contributed by atoms with Crippen LogP contribution in [0.1, 0.15) is 5.56 Å². The number of hydrogen-bond acceptors (Lipinski definition) is 2. The molecule has 0 aliphatic carbocycles. The molecule has 2 nitrogen and oxygen atoms in total. The number of thioether (sulfide) groups is 1. The van der Waals surface area contributed by atoms with Crippen LogP contribution in [0.5, 0.6) is 0 Å². The minimum atomic E-state index is -0.0394. The molecular formula is C11H10NOS. The molecule has 0 aromatic heterocycles. The molecule has 0 spiro atoms. The molecule has 14 heavy (non-hydrogen) atoms. The van der Waals surface area contributed by atoms with Gasteiger partial charge in [-0.2, -0.15) is 0 Å². The largest absolute Gasteiger partial charge is 0.331 e. The van der Waals surface area contributed by atoms with Crippen LogP contribution in [0.25, 0.3) is 0 Å². The van der Waals surface area contributed by atoms with E-state index in [1.54, 1.807) is 6.20 Å². The van der Waals surface area contributed by atoms with Gasteiger partial charge in [-0.05, 0) is 12.0 Å². The Balaban J connectivity index is 2.04. The molecule has 1 amide bonds. The lowest BCUT2D eigenvalue weighted by atomic mass is 10.1. The number of hydrogen-bond donors (Lipinski definition) is 1. The standard InChI is InChI=1S/C11H10NOS/c13-11-10(14-7-6-12-11)8-9-4-2-1-3-5-9/h1-6,10H,8H2,(H,12,13). The Morgan fingerprint density at radius 1 is 1.36 bits per heavy atom. The summed E-state index contributed by atoms with van der Waals surface area (Å²) in [5.41, 5.74) is 1.18. The first-order valence-corrected chi connectivity index (χ1v) is 5.31. The molecule has 1 aromatic carbocycles. The van der Waals surface area contributed by atoms with Gasteiger partial charge in [-0.15, -0.1) is 11.8 Å². The number of rotatable bonds is 2. The summed E-state index contributed by atoms with van der Waals surface area (Å²) in [7, 11) is 0. The maximum absolute atomic E-state index is 11.4. The lowest BCUT2D eigenvalue weighted by Crippen LogP contribution is -2.32. The van der Waals surface area contributed by atoms with Gasteiger partial charge in [-0.1, -0.05) is 30.3 Å². The third kappa shape index (κ3) is 2.17. The molecule has 1 unspecified atom stereocenters. The van der Waals surface area contributed by atoms with E-state index in [1.165, 1.54) is 17.3 Å². The Morgan fingerprint density at radius 3 is 2.86 bits per heavy atom. The molecule has 0 fully saturated rings. The molecule has 1 heterocycles. The van der Waals surface area contributed by atoms with Crippen LogP contribution in [0.15, 0.2) is 36.5 Å². The van der Waals surface area contributed by atoms with Gasteiger partial charge in [0.1, 0.15) is 0 Å². The Bertz CT molecular complexity index is 348. The van der Waals surface area contributed by atoms with Gasteiger partial charge in [0.25, 0.3) is 0 Å². The zero-order valence-electron chi connectivity index (χ0n) is 7.57. The zero-order valence-corrected chi connectivity index (χ0v) is 8.38. The first kappa shape index (κ1) is 9.34. The van der Waals surface area contributed by atoms with E-state index in [-0.39, 0.29) is 11.2 Å². The maximum Gasteiger partial charge on any atom is 0.237 e. The summed E-state index contributed by atoms with van der Waals surface area (Å²) < 4.78 is 0. The van der Waals surface area contributed by atoms with Gasteiger partial charge in [0.05, 0.1) is 5.25 Å². The third-order valence-electron chi connectivity index (χ3n) is 2.04. The van der Waals surface area contributed by atoms with Gasteiger partial charge in [-0.3, -0.25) is 4.79 Å². The van der Waals surface area contributed by atoms with E-state index in [4.69, 9.17) is 0 Å². The van der Waals surface area contributed by atoms with Crippen LogP contribution >= 0.6 is 11.8 Å². The Morgan fingerprint density at radius 2 is 2.14 bits per heavy atom. The topological polar surface area (TPSA) is 29.1 Å². The lowest BCUT2D eigenvalue weighted by molar-refractivity contribution is -0.119. The fourth-order valence-corrected chi connectivity index (χ4v) is 2.07. The quantitative estimate of drug-likeness (QED) is 0.795. The van der Waals surface area contributed by atoms with Crippen molar-refractivity contribution in [3.05, 3.63) is 47.5 Å². The minimum absolute atomic E-state index is 0.0394. The van der Waals surface area contributed by atoms with Crippen LogP contribution in [0.3, 0.4) is 0 Å². The molecule has 1 atom stereocenters. The van der Waals surface area contributed by atoms with E-state index >= 15 is 0 Å². The second-order valence-electron chi connectivity index (χ2n) is 3.07. The first-order chi connectivity index (χ1) is 6.86. The van der Waals surface area contributed by atoms with Crippen molar-refractivity contribution >= 4 is 17.7 Å². The van der Waals surface area contributed by atoms with Crippen molar-refractivity contribution in [3.8, 4) is 0 Å². The molecule has 71 valence electrons. The van der Waals surface area contributed by atoms with Crippen molar-refractivity contribution in [3.63, 3.8) is 0 Å². The molecular weight excluding hydrogens is 194 g/mol. The Hall–Kier alpha value is -1.22. The Labute approximate surface area is 87.4 Å². The van der Waals surface area contributed by atoms with Crippen LogP contribution < -0.4 is 5.32 Å². The molecule has 1 radical (unpaired) electrons. The van der Waals surface area contributed by atoms with Crippen LogP contribution in [-0.4, -0.2) is 11.2 Å². The number of amides is 1. The smallest absolute Gasteiger partial charge is 0.237 e. The highest BCUT2D eigenvalue weighted by Crippen LogP contribution is 2.19. The average Bonchev–Trinajstić information content (AvgIpc) is 2.23. The van der Waals surface area contributed by atoms with Crippen molar-refractivity contribution in [1.29, 1.82) is 0 Å². The monoisotopic (exact) mass is 204 g/mol. The second-order valence-corrected chi connectivity index (χ2v) is 4.11. The van der Waals surface area contributed by atoms with Crippen LogP contribution in [0, 0.1) is 5.41 Å². The molecule has 1 aliphatic heterocycles. The summed E-state index contributed by atoms with van der Waals surface area (Å²) in [4.78, 5) is 11.4. The normalized spacial score (nSPS) is 20.6. The molecule has 2 rings (SSSR count). The minimum Gasteiger partial charge on any atom is -0.331 e.